The lowest BCUT2D eigenvalue weighted by atomic mass is 10.0. The first-order chi connectivity index (χ1) is 14.4. The van der Waals surface area contributed by atoms with Crippen LogP contribution in [0.15, 0.2) is 65.7 Å². The number of nitrogens with zero attached hydrogens (tertiary/aromatic N) is 5. The van der Waals surface area contributed by atoms with Crippen molar-refractivity contribution in [1.82, 2.24) is 19.7 Å². The molecule has 0 radical (unpaired) electrons. The normalized spacial score (nSPS) is 17.2. The van der Waals surface area contributed by atoms with Gasteiger partial charge in [0, 0.05) is 30.2 Å². The van der Waals surface area contributed by atoms with Gasteiger partial charge in [-0.3, -0.25) is 9.59 Å². The molecule has 2 atom stereocenters. The van der Waals surface area contributed by atoms with Crippen molar-refractivity contribution < 1.29 is 9.59 Å². The average Bonchev–Trinajstić information content (AvgIpc) is 3.43. The third-order valence-electron chi connectivity index (χ3n) is 5.60. The molecule has 154 valence electrons. The van der Waals surface area contributed by atoms with E-state index in [1.165, 1.54) is 6.33 Å². The summed E-state index contributed by atoms with van der Waals surface area (Å²) in [5.41, 5.74) is 2.74. The van der Waals surface area contributed by atoms with Gasteiger partial charge in [-0.2, -0.15) is 5.10 Å². The van der Waals surface area contributed by atoms with Gasteiger partial charge in [-0.15, -0.1) is 0 Å². The van der Waals surface area contributed by atoms with E-state index in [9.17, 15) is 9.59 Å². The Kier molecular flexibility index (Phi) is 5.67. The van der Waals surface area contributed by atoms with Gasteiger partial charge in [-0.1, -0.05) is 28.1 Å². The zero-order chi connectivity index (χ0) is 21.3. The molecule has 3 aromatic rings. The lowest BCUT2D eigenvalue weighted by molar-refractivity contribution is -0.136. The maximum Gasteiger partial charge on any atom is 0.228 e. The summed E-state index contributed by atoms with van der Waals surface area (Å²) in [7, 11) is 1.80. The summed E-state index contributed by atoms with van der Waals surface area (Å²) in [6.45, 7) is 2.40. The Morgan fingerprint density at radius 1 is 1.13 bits per heavy atom. The molecule has 2 heterocycles. The van der Waals surface area contributed by atoms with Gasteiger partial charge in [0.25, 0.3) is 0 Å². The number of carbonyl (C=O) groups excluding carboxylic acids is 2. The summed E-state index contributed by atoms with van der Waals surface area (Å²) in [5, 5.41) is 4.12. The van der Waals surface area contributed by atoms with Crippen LogP contribution >= 0.6 is 15.9 Å². The summed E-state index contributed by atoms with van der Waals surface area (Å²) in [5.74, 6) is -0.382. The van der Waals surface area contributed by atoms with Crippen LogP contribution in [0.3, 0.4) is 0 Å². The molecule has 4 rings (SSSR count). The van der Waals surface area contributed by atoms with Gasteiger partial charge in [-0.05, 0) is 48.9 Å². The first kappa shape index (κ1) is 20.3. The van der Waals surface area contributed by atoms with Crippen LogP contribution in [0.4, 0.5) is 5.69 Å². The van der Waals surface area contributed by atoms with Crippen molar-refractivity contribution in [1.29, 1.82) is 0 Å². The number of aromatic nitrogens is 3. The van der Waals surface area contributed by atoms with Crippen molar-refractivity contribution in [3.05, 3.63) is 71.2 Å². The fourth-order valence-corrected chi connectivity index (χ4v) is 3.96. The minimum Gasteiger partial charge on any atom is -0.339 e. The second-order valence-corrected chi connectivity index (χ2v) is 8.35. The van der Waals surface area contributed by atoms with Gasteiger partial charge in [0.05, 0.1) is 17.6 Å². The van der Waals surface area contributed by atoms with E-state index in [1.807, 2.05) is 55.5 Å². The molecule has 2 unspecified atom stereocenters. The standard InChI is InChI=1S/C22H22BrN5O2/c1-15(16-3-7-20(8-4-16)28-14-24-13-25-28)26(2)22(30)17-11-21(29)27(12-17)19-9-5-18(23)6-10-19/h3-10,13-15,17H,11-12H2,1-2H3. The van der Waals surface area contributed by atoms with Crippen LogP contribution in [0.2, 0.25) is 0 Å². The summed E-state index contributed by atoms with van der Waals surface area (Å²) in [4.78, 5) is 33.0. The van der Waals surface area contributed by atoms with Crippen LogP contribution in [-0.2, 0) is 9.59 Å². The maximum absolute atomic E-state index is 13.1. The Hall–Kier alpha value is -3.00. The molecule has 1 fully saturated rings. The second-order valence-electron chi connectivity index (χ2n) is 7.44. The molecule has 2 aromatic carbocycles. The van der Waals surface area contributed by atoms with Crippen LogP contribution in [0.25, 0.3) is 5.69 Å². The zero-order valence-electron chi connectivity index (χ0n) is 16.8. The number of rotatable bonds is 5. The molecule has 30 heavy (non-hydrogen) atoms. The Morgan fingerprint density at radius 3 is 2.43 bits per heavy atom. The molecule has 0 bridgehead atoms. The molecular weight excluding hydrogens is 446 g/mol. The SMILES string of the molecule is CC(c1ccc(-n2cncn2)cc1)N(C)C(=O)C1CC(=O)N(c2ccc(Br)cc2)C1. The fraction of sp³-hybridized carbons (Fsp3) is 0.273. The van der Waals surface area contributed by atoms with Crippen molar-refractivity contribution in [2.45, 2.75) is 19.4 Å². The second kappa shape index (κ2) is 8.39. The number of halogens is 1. The quantitative estimate of drug-likeness (QED) is 0.574. The van der Waals surface area contributed by atoms with Crippen LogP contribution in [-0.4, -0.2) is 45.1 Å². The van der Waals surface area contributed by atoms with Crippen LogP contribution in [0.1, 0.15) is 24.9 Å². The van der Waals surface area contributed by atoms with E-state index in [2.05, 4.69) is 26.0 Å². The first-order valence-electron chi connectivity index (χ1n) is 9.71. The molecule has 1 aromatic heterocycles. The number of benzene rings is 2. The minimum atomic E-state index is -0.344. The Morgan fingerprint density at radius 2 is 1.80 bits per heavy atom. The van der Waals surface area contributed by atoms with Gasteiger partial charge in [0.2, 0.25) is 11.8 Å². The summed E-state index contributed by atoms with van der Waals surface area (Å²) in [6.07, 6.45) is 3.36. The smallest absolute Gasteiger partial charge is 0.228 e. The predicted molar refractivity (Wildman–Crippen MR) is 117 cm³/mol. The molecule has 2 amide bonds. The Bertz CT molecular complexity index is 1030. The molecule has 7 nitrogen and oxygen atoms in total. The minimum absolute atomic E-state index is 0.0178. The Balaban J connectivity index is 1.44. The Labute approximate surface area is 183 Å². The summed E-state index contributed by atoms with van der Waals surface area (Å²) in [6, 6.07) is 15.3. The van der Waals surface area contributed by atoms with Crippen molar-refractivity contribution in [2.24, 2.45) is 5.92 Å². The predicted octanol–water partition coefficient (Wildman–Crippen LogP) is 3.60. The maximum atomic E-state index is 13.1. The number of amides is 2. The van der Waals surface area contributed by atoms with Gasteiger partial charge in [0.15, 0.2) is 0 Å². The van der Waals surface area contributed by atoms with E-state index in [1.54, 1.807) is 27.9 Å². The highest BCUT2D eigenvalue weighted by atomic mass is 79.9. The van der Waals surface area contributed by atoms with Crippen molar-refractivity contribution >= 4 is 33.4 Å². The van der Waals surface area contributed by atoms with Crippen molar-refractivity contribution in [3.63, 3.8) is 0 Å². The lowest BCUT2D eigenvalue weighted by Crippen LogP contribution is -2.36. The van der Waals surface area contributed by atoms with Crippen LogP contribution in [0.5, 0.6) is 0 Å². The van der Waals surface area contributed by atoms with E-state index in [4.69, 9.17) is 0 Å². The number of anilines is 1. The molecule has 0 N–H and O–H groups in total. The molecule has 8 heteroatoms. The van der Waals surface area contributed by atoms with Crippen LogP contribution in [0, 0.1) is 5.92 Å². The zero-order valence-corrected chi connectivity index (χ0v) is 18.4. The van der Waals surface area contributed by atoms with Crippen LogP contribution < -0.4 is 4.90 Å². The molecule has 0 spiro atoms. The highest BCUT2D eigenvalue weighted by molar-refractivity contribution is 9.10. The summed E-state index contributed by atoms with van der Waals surface area (Å²) >= 11 is 3.40. The number of hydrogen-bond donors (Lipinski definition) is 0. The topological polar surface area (TPSA) is 71.3 Å². The van der Waals surface area contributed by atoms with Gasteiger partial charge >= 0.3 is 0 Å². The van der Waals surface area contributed by atoms with Crippen molar-refractivity contribution in [2.75, 3.05) is 18.5 Å². The highest BCUT2D eigenvalue weighted by Gasteiger charge is 2.37. The van der Waals surface area contributed by atoms with E-state index < -0.39 is 0 Å². The molecule has 0 aliphatic carbocycles. The first-order valence-corrected chi connectivity index (χ1v) is 10.5. The highest BCUT2D eigenvalue weighted by Crippen LogP contribution is 2.29. The molecule has 1 saturated heterocycles. The molecular formula is C22H22BrN5O2. The average molecular weight is 468 g/mol. The largest absolute Gasteiger partial charge is 0.339 e. The molecule has 1 aliphatic rings. The summed E-state index contributed by atoms with van der Waals surface area (Å²) < 4.78 is 2.64. The van der Waals surface area contributed by atoms with Gasteiger partial charge in [-0.25, -0.2) is 9.67 Å². The number of hydrogen-bond acceptors (Lipinski definition) is 4. The molecule has 1 aliphatic heterocycles. The van der Waals surface area contributed by atoms with E-state index in [0.29, 0.717) is 6.54 Å². The monoisotopic (exact) mass is 467 g/mol. The van der Waals surface area contributed by atoms with E-state index in [0.717, 1.165) is 21.4 Å². The lowest BCUT2D eigenvalue weighted by Gasteiger charge is -2.28. The third kappa shape index (κ3) is 4.00. The van der Waals surface area contributed by atoms with Gasteiger partial charge < -0.3 is 9.80 Å². The molecule has 0 saturated carbocycles. The third-order valence-corrected chi connectivity index (χ3v) is 6.13. The van der Waals surface area contributed by atoms with Gasteiger partial charge in [0.1, 0.15) is 12.7 Å². The fourth-order valence-electron chi connectivity index (χ4n) is 3.69. The number of carbonyl (C=O) groups is 2. The van der Waals surface area contributed by atoms with Crippen molar-refractivity contribution in [3.8, 4) is 5.69 Å². The van der Waals surface area contributed by atoms with E-state index in [-0.39, 0.29) is 30.2 Å². The van der Waals surface area contributed by atoms with E-state index >= 15 is 0 Å².